The Morgan fingerprint density at radius 2 is 2.00 bits per heavy atom. The lowest BCUT2D eigenvalue weighted by atomic mass is 9.94. The van der Waals surface area contributed by atoms with E-state index in [4.69, 9.17) is 0 Å². The van der Waals surface area contributed by atoms with Crippen LogP contribution in [0.25, 0.3) is 10.3 Å². The summed E-state index contributed by atoms with van der Waals surface area (Å²) in [4.78, 5) is 23.7. The highest BCUT2D eigenvalue weighted by Crippen LogP contribution is 2.30. The van der Waals surface area contributed by atoms with Crippen molar-refractivity contribution < 1.29 is 5.11 Å². The minimum atomic E-state index is -0.466. The summed E-state index contributed by atoms with van der Waals surface area (Å²) in [5.41, 5.74) is 2.52. The van der Waals surface area contributed by atoms with Gasteiger partial charge in [-0.15, -0.1) is 0 Å². The molecule has 0 amide bonds. The average molecular weight is 405 g/mol. The van der Waals surface area contributed by atoms with E-state index in [-0.39, 0.29) is 11.5 Å². The van der Waals surface area contributed by atoms with E-state index in [0.717, 1.165) is 29.9 Å². The lowest BCUT2D eigenvalue weighted by Gasteiger charge is -2.31. The molecular formula is C19H24N4O2S2. The van der Waals surface area contributed by atoms with Crippen molar-refractivity contribution in [3.8, 4) is 0 Å². The molecule has 0 aliphatic carbocycles. The minimum absolute atomic E-state index is 0.00347. The quantitative estimate of drug-likeness (QED) is 0.389. The molecule has 0 spiro atoms. The number of aliphatic hydroxyl groups excluding tert-OH is 1. The molecule has 0 atom stereocenters. The Morgan fingerprint density at radius 3 is 2.67 bits per heavy atom. The van der Waals surface area contributed by atoms with Gasteiger partial charge in [-0.2, -0.15) is 0 Å². The van der Waals surface area contributed by atoms with Gasteiger partial charge < -0.3 is 10.4 Å². The number of anilines is 1. The zero-order chi connectivity index (χ0) is 19.4. The summed E-state index contributed by atoms with van der Waals surface area (Å²) in [6.07, 6.45) is 1.49. The first-order chi connectivity index (χ1) is 13.0. The molecule has 2 heterocycles. The molecule has 0 unspecified atom stereocenters. The smallest absolute Gasteiger partial charge is 0.306 e. The van der Waals surface area contributed by atoms with Crippen molar-refractivity contribution in [2.45, 2.75) is 50.1 Å². The van der Waals surface area contributed by atoms with E-state index in [9.17, 15) is 9.90 Å². The number of hydrogen-bond donors (Lipinski definition) is 3. The van der Waals surface area contributed by atoms with Crippen LogP contribution in [0.5, 0.6) is 0 Å². The lowest BCUT2D eigenvalue weighted by Crippen LogP contribution is -2.41. The summed E-state index contributed by atoms with van der Waals surface area (Å²) < 4.78 is 0.694. The first-order valence-electron chi connectivity index (χ1n) is 8.97. The van der Waals surface area contributed by atoms with E-state index < -0.39 is 5.54 Å². The molecule has 144 valence electrons. The number of aliphatic hydroxyl groups is 1. The molecule has 8 heteroatoms. The van der Waals surface area contributed by atoms with Crippen LogP contribution in [-0.4, -0.2) is 32.2 Å². The first-order valence-corrected chi connectivity index (χ1v) is 10.8. The number of benzene rings is 1. The highest BCUT2D eigenvalue weighted by atomic mass is 32.2. The van der Waals surface area contributed by atoms with Crippen molar-refractivity contribution in [3.63, 3.8) is 0 Å². The van der Waals surface area contributed by atoms with Crippen molar-refractivity contribution in [1.82, 2.24) is 15.0 Å². The molecule has 3 rings (SSSR count). The molecule has 3 N–H and O–H groups in total. The molecule has 6 nitrogen and oxygen atoms in total. The SMILES string of the molecule is CCC(CC)(CO)Nc1nc(SCc2ccccc2C)nc2[nH]c(=O)sc12. The Hall–Kier alpha value is -1.90. The second-order valence-corrected chi connectivity index (χ2v) is 8.46. The summed E-state index contributed by atoms with van der Waals surface area (Å²) in [5.74, 6) is 1.35. The molecule has 0 radical (unpaired) electrons. The van der Waals surface area contributed by atoms with Crippen LogP contribution in [0, 0.1) is 6.92 Å². The lowest BCUT2D eigenvalue weighted by molar-refractivity contribution is 0.202. The van der Waals surface area contributed by atoms with E-state index in [0.29, 0.717) is 21.3 Å². The van der Waals surface area contributed by atoms with Crippen molar-refractivity contribution >= 4 is 39.3 Å². The summed E-state index contributed by atoms with van der Waals surface area (Å²) in [6.45, 7) is 6.13. The summed E-state index contributed by atoms with van der Waals surface area (Å²) in [6, 6.07) is 8.22. The van der Waals surface area contributed by atoms with Gasteiger partial charge in [0.15, 0.2) is 16.6 Å². The number of H-pyrrole nitrogens is 1. The Bertz CT molecular complexity index is 971. The van der Waals surface area contributed by atoms with Crippen molar-refractivity contribution in [2.75, 3.05) is 11.9 Å². The highest BCUT2D eigenvalue weighted by molar-refractivity contribution is 7.98. The van der Waals surface area contributed by atoms with Gasteiger partial charge >= 0.3 is 4.87 Å². The third-order valence-corrected chi connectivity index (χ3v) is 6.69. The fraction of sp³-hybridized carbons (Fsp3) is 0.421. The Kier molecular flexibility index (Phi) is 6.18. The highest BCUT2D eigenvalue weighted by Gasteiger charge is 2.27. The van der Waals surface area contributed by atoms with E-state index in [2.05, 4.69) is 39.3 Å². The van der Waals surface area contributed by atoms with Gasteiger partial charge in [0.2, 0.25) is 0 Å². The second-order valence-electron chi connectivity index (χ2n) is 6.53. The van der Waals surface area contributed by atoms with E-state index in [1.807, 2.05) is 26.0 Å². The van der Waals surface area contributed by atoms with Crippen molar-refractivity contribution in [2.24, 2.45) is 0 Å². The molecular weight excluding hydrogens is 380 g/mol. The Morgan fingerprint density at radius 1 is 1.26 bits per heavy atom. The van der Waals surface area contributed by atoms with Gasteiger partial charge in [0, 0.05) is 5.75 Å². The number of fused-ring (bicyclic) bond motifs is 1. The fourth-order valence-electron chi connectivity index (χ4n) is 2.83. The number of thioether (sulfide) groups is 1. The Balaban J connectivity index is 1.95. The van der Waals surface area contributed by atoms with Crippen molar-refractivity contribution in [3.05, 3.63) is 45.1 Å². The van der Waals surface area contributed by atoms with Gasteiger partial charge in [-0.1, -0.05) is 61.2 Å². The zero-order valence-electron chi connectivity index (χ0n) is 15.7. The number of aryl methyl sites for hydroxylation is 1. The normalized spacial score (nSPS) is 11.9. The standard InChI is InChI=1S/C19H24N4O2S2/c1-4-19(5-2,11-24)23-16-14-15(22-18(25)27-14)20-17(21-16)26-10-13-9-7-6-8-12(13)3/h6-9,24H,4-5,10-11H2,1-3H3,(H2,20,21,22,23,25). The molecule has 3 aromatic rings. The number of thiazole rings is 1. The van der Waals surface area contributed by atoms with Crippen LogP contribution in [0.1, 0.15) is 37.8 Å². The zero-order valence-corrected chi connectivity index (χ0v) is 17.3. The topological polar surface area (TPSA) is 90.9 Å². The number of nitrogens with zero attached hydrogens (tertiary/aromatic N) is 2. The van der Waals surface area contributed by atoms with E-state index >= 15 is 0 Å². The molecule has 2 aromatic heterocycles. The summed E-state index contributed by atoms with van der Waals surface area (Å²) in [5, 5.41) is 13.9. The van der Waals surface area contributed by atoms with Crippen LogP contribution in [-0.2, 0) is 5.75 Å². The van der Waals surface area contributed by atoms with E-state index in [1.54, 1.807) is 0 Å². The molecule has 27 heavy (non-hydrogen) atoms. The Labute approximate surface area is 166 Å². The van der Waals surface area contributed by atoms with Gasteiger partial charge in [-0.3, -0.25) is 9.78 Å². The third-order valence-electron chi connectivity index (χ3n) is 4.92. The van der Waals surface area contributed by atoms with Gasteiger partial charge in [-0.25, -0.2) is 9.97 Å². The van der Waals surface area contributed by atoms with Gasteiger partial charge in [0.25, 0.3) is 0 Å². The number of nitrogens with one attached hydrogen (secondary N) is 2. The predicted molar refractivity (Wildman–Crippen MR) is 113 cm³/mol. The first kappa shape index (κ1) is 19.9. The number of hydrogen-bond acceptors (Lipinski definition) is 7. The maximum Gasteiger partial charge on any atom is 0.306 e. The third kappa shape index (κ3) is 4.34. The molecule has 0 aliphatic rings. The van der Waals surface area contributed by atoms with Crippen LogP contribution in [0.2, 0.25) is 0 Å². The molecule has 0 saturated heterocycles. The van der Waals surface area contributed by atoms with Crippen LogP contribution in [0.4, 0.5) is 5.82 Å². The molecule has 0 fully saturated rings. The van der Waals surface area contributed by atoms with Crippen LogP contribution in [0.15, 0.2) is 34.2 Å². The van der Waals surface area contributed by atoms with Crippen LogP contribution in [0.3, 0.4) is 0 Å². The minimum Gasteiger partial charge on any atom is -0.394 e. The summed E-state index contributed by atoms with van der Waals surface area (Å²) >= 11 is 2.62. The number of aromatic nitrogens is 3. The van der Waals surface area contributed by atoms with Crippen LogP contribution < -0.4 is 10.2 Å². The fourth-order valence-corrected chi connectivity index (χ4v) is 4.47. The molecule has 0 saturated carbocycles. The van der Waals surface area contributed by atoms with Crippen molar-refractivity contribution in [1.29, 1.82) is 0 Å². The molecule has 1 aromatic carbocycles. The number of aromatic amines is 1. The predicted octanol–water partition coefficient (Wildman–Crippen LogP) is 3.94. The summed E-state index contributed by atoms with van der Waals surface area (Å²) in [7, 11) is 0. The largest absolute Gasteiger partial charge is 0.394 e. The van der Waals surface area contributed by atoms with Gasteiger partial charge in [0.1, 0.15) is 4.70 Å². The van der Waals surface area contributed by atoms with Crippen LogP contribution >= 0.6 is 23.1 Å². The monoisotopic (exact) mass is 404 g/mol. The van der Waals surface area contributed by atoms with E-state index in [1.165, 1.54) is 22.9 Å². The maximum atomic E-state index is 11.9. The van der Waals surface area contributed by atoms with Gasteiger partial charge in [-0.05, 0) is 30.9 Å². The molecule has 0 bridgehead atoms. The molecule has 0 aliphatic heterocycles. The maximum absolute atomic E-state index is 11.9. The van der Waals surface area contributed by atoms with Gasteiger partial charge in [0.05, 0.1) is 12.1 Å². The number of rotatable bonds is 8. The second kappa shape index (κ2) is 8.41. The average Bonchev–Trinajstić information content (AvgIpc) is 3.06.